The maximum absolute atomic E-state index is 7.00. The first-order chi connectivity index (χ1) is 28.8. The van der Waals surface area contributed by atoms with Crippen molar-refractivity contribution in [2.75, 3.05) is 4.90 Å². The maximum Gasteiger partial charge on any atom is 0.145 e. The highest BCUT2D eigenvalue weighted by atomic mass is 16.3. The van der Waals surface area contributed by atoms with Gasteiger partial charge < -0.3 is 18.3 Å². The number of para-hydroxylation sites is 3. The van der Waals surface area contributed by atoms with Crippen LogP contribution in [0.5, 0.6) is 0 Å². The van der Waals surface area contributed by atoms with E-state index in [4.69, 9.17) is 8.83 Å². The van der Waals surface area contributed by atoms with Crippen molar-refractivity contribution >= 4 is 82.7 Å². The van der Waals surface area contributed by atoms with Gasteiger partial charge >= 0.3 is 0 Å². The average molecular weight is 743 g/mol. The highest BCUT2D eigenvalue weighted by Gasteiger charge is 2.24. The van der Waals surface area contributed by atoms with Gasteiger partial charge in [-0.2, -0.15) is 0 Å². The lowest BCUT2D eigenvalue weighted by Gasteiger charge is -2.27. The lowest BCUT2D eigenvalue weighted by molar-refractivity contribution is 0.669. The summed E-state index contributed by atoms with van der Waals surface area (Å²) in [6.45, 7) is 0. The first kappa shape index (κ1) is 32.4. The monoisotopic (exact) mass is 742 g/mol. The molecular formula is C54H34N2O2. The summed E-state index contributed by atoms with van der Waals surface area (Å²) < 4.78 is 15.9. The molecule has 0 atom stereocenters. The van der Waals surface area contributed by atoms with Crippen LogP contribution in [0.4, 0.5) is 17.1 Å². The number of hydrogen-bond donors (Lipinski definition) is 0. The van der Waals surface area contributed by atoms with Crippen LogP contribution in [0.3, 0.4) is 0 Å². The Balaban J connectivity index is 1.14. The SMILES string of the molecule is c1ccc(-c2ccc3c(c2)oc2c(-c4ccccc4)ccc(N(c4cccc(-n5c6ccccc6c6ccccc65)c4)c4ccc5c(c4)oc4ccccc45)c23)cc1. The zero-order chi connectivity index (χ0) is 38.2. The average Bonchev–Trinajstić information content (AvgIpc) is 3.97. The normalized spacial score (nSPS) is 11.8. The second-order valence-electron chi connectivity index (χ2n) is 14.9. The summed E-state index contributed by atoms with van der Waals surface area (Å²) in [7, 11) is 0. The Kier molecular flexibility index (Phi) is 7.20. The third kappa shape index (κ3) is 5.02. The number of furan rings is 2. The molecule has 0 saturated carbocycles. The van der Waals surface area contributed by atoms with E-state index in [-0.39, 0.29) is 0 Å². The molecular weight excluding hydrogens is 709 g/mol. The van der Waals surface area contributed by atoms with E-state index in [9.17, 15) is 0 Å². The van der Waals surface area contributed by atoms with Crippen molar-refractivity contribution in [1.82, 2.24) is 4.57 Å². The third-order valence-corrected chi connectivity index (χ3v) is 11.6. The fourth-order valence-electron chi connectivity index (χ4n) is 8.96. The number of fused-ring (bicyclic) bond motifs is 9. The number of rotatable bonds is 6. The largest absolute Gasteiger partial charge is 0.456 e. The van der Waals surface area contributed by atoms with Crippen molar-refractivity contribution in [3.8, 4) is 27.9 Å². The van der Waals surface area contributed by atoms with Crippen LogP contribution in [0.15, 0.2) is 215 Å². The van der Waals surface area contributed by atoms with Crippen LogP contribution in [-0.4, -0.2) is 4.57 Å². The second-order valence-corrected chi connectivity index (χ2v) is 14.9. The van der Waals surface area contributed by atoms with E-state index in [0.29, 0.717) is 0 Å². The van der Waals surface area contributed by atoms with Gasteiger partial charge in [0.15, 0.2) is 0 Å². The minimum Gasteiger partial charge on any atom is -0.456 e. The van der Waals surface area contributed by atoms with Crippen LogP contribution in [0.2, 0.25) is 0 Å². The predicted molar refractivity (Wildman–Crippen MR) is 241 cm³/mol. The van der Waals surface area contributed by atoms with Crippen molar-refractivity contribution < 1.29 is 8.83 Å². The van der Waals surface area contributed by atoms with E-state index in [2.05, 4.69) is 204 Å². The molecule has 12 aromatic rings. The highest BCUT2D eigenvalue weighted by molar-refractivity contribution is 6.18. The van der Waals surface area contributed by atoms with E-state index in [1.54, 1.807) is 0 Å². The first-order valence-corrected chi connectivity index (χ1v) is 19.7. The van der Waals surface area contributed by atoms with Gasteiger partial charge in [-0.25, -0.2) is 0 Å². The third-order valence-electron chi connectivity index (χ3n) is 11.6. The molecule has 0 spiro atoms. The summed E-state index contributed by atoms with van der Waals surface area (Å²) in [4.78, 5) is 2.36. The fraction of sp³-hybridized carbons (Fsp3) is 0. The molecule has 0 amide bonds. The van der Waals surface area contributed by atoms with Gasteiger partial charge in [-0.3, -0.25) is 0 Å². The molecule has 58 heavy (non-hydrogen) atoms. The summed E-state index contributed by atoms with van der Waals surface area (Å²) in [6.07, 6.45) is 0. The zero-order valence-corrected chi connectivity index (χ0v) is 31.3. The molecule has 9 aromatic carbocycles. The van der Waals surface area contributed by atoms with Crippen LogP contribution in [0.25, 0.3) is 93.6 Å². The number of anilines is 3. The van der Waals surface area contributed by atoms with Crippen LogP contribution in [0.1, 0.15) is 0 Å². The second kappa shape index (κ2) is 12.9. The first-order valence-electron chi connectivity index (χ1n) is 19.7. The minimum atomic E-state index is 0.837. The fourth-order valence-corrected chi connectivity index (χ4v) is 8.96. The Morgan fingerprint density at radius 2 is 0.983 bits per heavy atom. The molecule has 12 rings (SSSR count). The van der Waals surface area contributed by atoms with Crippen molar-refractivity contribution in [1.29, 1.82) is 0 Å². The van der Waals surface area contributed by atoms with Crippen LogP contribution >= 0.6 is 0 Å². The van der Waals surface area contributed by atoms with Crippen LogP contribution in [-0.2, 0) is 0 Å². The Morgan fingerprint density at radius 1 is 0.362 bits per heavy atom. The minimum absolute atomic E-state index is 0.837. The van der Waals surface area contributed by atoms with Gasteiger partial charge in [0.05, 0.1) is 22.1 Å². The summed E-state index contributed by atoms with van der Waals surface area (Å²) in [5.41, 5.74) is 14.2. The molecule has 0 aliphatic heterocycles. The van der Waals surface area contributed by atoms with Crippen LogP contribution < -0.4 is 4.90 Å². The Bertz CT molecular complexity index is 3470. The molecule has 4 heteroatoms. The highest BCUT2D eigenvalue weighted by Crippen LogP contribution is 2.48. The molecule has 3 heterocycles. The maximum atomic E-state index is 7.00. The van der Waals surface area contributed by atoms with Gasteiger partial charge in [0.25, 0.3) is 0 Å². The van der Waals surface area contributed by atoms with Gasteiger partial charge in [-0.15, -0.1) is 0 Å². The topological polar surface area (TPSA) is 34.5 Å². The Hall–Kier alpha value is -7.82. The van der Waals surface area contributed by atoms with Gasteiger partial charge in [0.1, 0.15) is 22.3 Å². The molecule has 3 aromatic heterocycles. The number of hydrogen-bond acceptors (Lipinski definition) is 3. The molecule has 0 unspecified atom stereocenters. The van der Waals surface area contributed by atoms with E-state index >= 15 is 0 Å². The molecule has 0 saturated heterocycles. The number of aromatic nitrogens is 1. The lowest BCUT2D eigenvalue weighted by atomic mass is 9.98. The van der Waals surface area contributed by atoms with Crippen molar-refractivity contribution in [3.05, 3.63) is 206 Å². The molecule has 0 fully saturated rings. The standard InChI is InChI=1S/C54H34N2O2/c1-3-14-35(15-4-1)37-26-28-46-51(32-37)58-54-41(36-16-5-2-6-17-36)30-31-49(53(46)54)55(40-27-29-45-44-22-9-12-25-50(44)57-52(45)34-40)38-18-13-19-39(33-38)56-47-23-10-7-20-42(47)43-21-8-11-24-48(43)56/h1-34H. The van der Waals surface area contributed by atoms with Crippen molar-refractivity contribution in [2.24, 2.45) is 0 Å². The van der Waals surface area contributed by atoms with E-state index in [1.165, 1.54) is 21.8 Å². The summed E-state index contributed by atoms with van der Waals surface area (Å²) in [5, 5.41) is 6.75. The molecule has 0 N–H and O–H groups in total. The molecule has 0 aliphatic rings. The Morgan fingerprint density at radius 3 is 1.76 bits per heavy atom. The van der Waals surface area contributed by atoms with Gasteiger partial charge in [0, 0.05) is 55.6 Å². The van der Waals surface area contributed by atoms with E-state index < -0.39 is 0 Å². The zero-order valence-electron chi connectivity index (χ0n) is 31.3. The molecule has 0 radical (unpaired) electrons. The van der Waals surface area contributed by atoms with Gasteiger partial charge in [-0.05, 0) is 89.5 Å². The van der Waals surface area contributed by atoms with Crippen molar-refractivity contribution in [3.63, 3.8) is 0 Å². The van der Waals surface area contributed by atoms with E-state index in [1.807, 2.05) is 12.1 Å². The quantitative estimate of drug-likeness (QED) is 0.170. The molecule has 0 bridgehead atoms. The van der Waals surface area contributed by atoms with Gasteiger partial charge in [0.2, 0.25) is 0 Å². The van der Waals surface area contributed by atoms with Gasteiger partial charge in [-0.1, -0.05) is 127 Å². The lowest BCUT2D eigenvalue weighted by Crippen LogP contribution is -2.11. The smallest absolute Gasteiger partial charge is 0.145 e. The van der Waals surface area contributed by atoms with E-state index in [0.717, 1.165) is 88.9 Å². The Labute approximate surface area is 334 Å². The summed E-state index contributed by atoms with van der Waals surface area (Å²) >= 11 is 0. The molecule has 4 nitrogen and oxygen atoms in total. The summed E-state index contributed by atoms with van der Waals surface area (Å²) in [5.74, 6) is 0. The van der Waals surface area contributed by atoms with Crippen LogP contribution in [0, 0.1) is 0 Å². The number of benzene rings is 9. The summed E-state index contributed by atoms with van der Waals surface area (Å²) in [6, 6.07) is 73.1. The molecule has 0 aliphatic carbocycles. The number of nitrogens with zero attached hydrogens (tertiary/aromatic N) is 2. The predicted octanol–water partition coefficient (Wildman–Crippen LogP) is 15.4. The van der Waals surface area contributed by atoms with Crippen molar-refractivity contribution in [2.45, 2.75) is 0 Å². The molecule has 272 valence electrons.